The van der Waals surface area contributed by atoms with Gasteiger partial charge in [-0.25, -0.2) is 9.97 Å². The van der Waals surface area contributed by atoms with Crippen LogP contribution in [0.25, 0.3) is 5.69 Å². The van der Waals surface area contributed by atoms with Crippen molar-refractivity contribution in [1.29, 1.82) is 0 Å². The van der Waals surface area contributed by atoms with Crippen molar-refractivity contribution in [3.05, 3.63) is 53.6 Å². The number of aryl methyl sites for hydroxylation is 2. The van der Waals surface area contributed by atoms with E-state index in [4.69, 9.17) is 4.74 Å². The van der Waals surface area contributed by atoms with Crippen LogP contribution in [0, 0.1) is 13.8 Å². The Labute approximate surface area is 189 Å². The maximum atomic E-state index is 12.6. The molecule has 1 fully saturated rings. The van der Waals surface area contributed by atoms with E-state index in [1.807, 2.05) is 59.7 Å². The van der Waals surface area contributed by atoms with Crippen LogP contribution in [-0.2, 0) is 15.3 Å². The van der Waals surface area contributed by atoms with Crippen LogP contribution in [0.1, 0.15) is 17.2 Å². The number of carbonyl (C=O) groups excluding carboxylic acids is 1. The van der Waals surface area contributed by atoms with Crippen molar-refractivity contribution in [2.24, 2.45) is 0 Å². The smallest absolute Gasteiger partial charge is 0.233 e. The number of para-hydroxylation sites is 1. The third-order valence-electron chi connectivity index (χ3n) is 4.70. The second-order valence-electron chi connectivity index (χ2n) is 7.07. The highest BCUT2D eigenvalue weighted by Gasteiger charge is 2.20. The number of ether oxygens (including phenoxy) is 1. The molecule has 1 aliphatic rings. The maximum absolute atomic E-state index is 12.6. The third-order valence-corrected chi connectivity index (χ3v) is 6.45. The van der Waals surface area contributed by atoms with Crippen LogP contribution in [0.3, 0.4) is 0 Å². The predicted octanol–water partition coefficient (Wildman–Crippen LogP) is 2.92. The quantitative estimate of drug-likeness (QED) is 0.396. The molecule has 8 nitrogen and oxygen atoms in total. The summed E-state index contributed by atoms with van der Waals surface area (Å²) in [5.74, 6) is 1.77. The van der Waals surface area contributed by atoms with Crippen molar-refractivity contribution < 1.29 is 9.53 Å². The first-order valence-electron chi connectivity index (χ1n) is 10.0. The molecule has 162 valence electrons. The Hall–Kier alpha value is -2.43. The number of benzene rings is 1. The lowest BCUT2D eigenvalue weighted by molar-refractivity contribution is -0.132. The molecule has 0 saturated carbocycles. The van der Waals surface area contributed by atoms with E-state index in [1.165, 1.54) is 23.5 Å². The fourth-order valence-electron chi connectivity index (χ4n) is 3.24. The number of thioether (sulfide) groups is 2. The fourth-order valence-corrected chi connectivity index (χ4v) is 4.98. The highest BCUT2D eigenvalue weighted by atomic mass is 32.2. The van der Waals surface area contributed by atoms with Gasteiger partial charge >= 0.3 is 0 Å². The lowest BCUT2D eigenvalue weighted by Crippen LogP contribution is -2.41. The molecule has 1 amide bonds. The Balaban J connectivity index is 1.52. The minimum atomic E-state index is 0.0930. The molecule has 0 atom stereocenters. The highest BCUT2D eigenvalue weighted by molar-refractivity contribution is 7.99. The Bertz CT molecular complexity index is 1020. The summed E-state index contributed by atoms with van der Waals surface area (Å²) in [4.78, 5) is 23.4. The van der Waals surface area contributed by atoms with Gasteiger partial charge in [-0.1, -0.05) is 41.7 Å². The van der Waals surface area contributed by atoms with Gasteiger partial charge in [0.25, 0.3) is 0 Å². The summed E-state index contributed by atoms with van der Waals surface area (Å²) < 4.78 is 7.34. The molecule has 4 rings (SSSR count). The van der Waals surface area contributed by atoms with E-state index in [2.05, 4.69) is 20.2 Å². The minimum absolute atomic E-state index is 0.0930. The molecule has 0 bridgehead atoms. The molecule has 31 heavy (non-hydrogen) atoms. The molecule has 0 aliphatic carbocycles. The third kappa shape index (κ3) is 5.63. The Morgan fingerprint density at radius 1 is 1.03 bits per heavy atom. The van der Waals surface area contributed by atoms with Gasteiger partial charge in [0.2, 0.25) is 5.91 Å². The molecule has 1 aliphatic heterocycles. The van der Waals surface area contributed by atoms with Gasteiger partial charge in [-0.05, 0) is 32.0 Å². The van der Waals surface area contributed by atoms with Crippen molar-refractivity contribution in [3.63, 3.8) is 0 Å². The summed E-state index contributed by atoms with van der Waals surface area (Å²) in [7, 11) is 0. The zero-order valence-electron chi connectivity index (χ0n) is 17.5. The largest absolute Gasteiger partial charge is 0.378 e. The van der Waals surface area contributed by atoms with E-state index >= 15 is 0 Å². The van der Waals surface area contributed by atoms with E-state index < -0.39 is 0 Å². The SMILES string of the molecule is Cc1cc(C)nc(SCc2nnc(SCC(=O)N3CCOCC3)n2-c2ccccc2)n1. The van der Waals surface area contributed by atoms with E-state index in [9.17, 15) is 4.79 Å². The molecule has 0 spiro atoms. The van der Waals surface area contributed by atoms with Crippen molar-refractivity contribution in [2.45, 2.75) is 29.9 Å². The van der Waals surface area contributed by atoms with Crippen LogP contribution in [0.5, 0.6) is 0 Å². The normalized spacial score (nSPS) is 14.1. The number of rotatable bonds is 7. The van der Waals surface area contributed by atoms with Crippen molar-refractivity contribution >= 4 is 29.4 Å². The Kier molecular flexibility index (Phi) is 7.21. The number of morpholine rings is 1. The number of aromatic nitrogens is 5. The standard InChI is InChI=1S/C21H24N6O2S2/c1-15-12-16(2)23-20(22-15)30-13-18-24-25-21(27(18)17-6-4-3-5-7-17)31-14-19(28)26-8-10-29-11-9-26/h3-7,12H,8-11,13-14H2,1-2H3. The van der Waals surface area contributed by atoms with Crippen molar-refractivity contribution in [1.82, 2.24) is 29.6 Å². The summed E-state index contributed by atoms with van der Waals surface area (Å²) in [5.41, 5.74) is 2.85. The van der Waals surface area contributed by atoms with Gasteiger partial charge < -0.3 is 9.64 Å². The molecule has 0 unspecified atom stereocenters. The number of nitrogens with zero attached hydrogens (tertiary/aromatic N) is 6. The van der Waals surface area contributed by atoms with Crippen molar-refractivity contribution in [3.8, 4) is 5.69 Å². The van der Waals surface area contributed by atoms with Gasteiger partial charge in [-0.15, -0.1) is 10.2 Å². The van der Waals surface area contributed by atoms with E-state index in [-0.39, 0.29) is 5.91 Å². The summed E-state index contributed by atoms with van der Waals surface area (Å²) >= 11 is 2.94. The average molecular weight is 457 g/mol. The van der Waals surface area contributed by atoms with E-state index in [1.54, 1.807) is 0 Å². The van der Waals surface area contributed by atoms with Gasteiger partial charge in [0.15, 0.2) is 10.3 Å². The van der Waals surface area contributed by atoms with Crippen molar-refractivity contribution in [2.75, 3.05) is 32.1 Å². The summed E-state index contributed by atoms with van der Waals surface area (Å²) in [6, 6.07) is 11.9. The highest BCUT2D eigenvalue weighted by Crippen LogP contribution is 2.26. The zero-order chi connectivity index (χ0) is 21.6. The van der Waals surface area contributed by atoms with Crippen LogP contribution in [0.2, 0.25) is 0 Å². The molecule has 0 radical (unpaired) electrons. The fraction of sp³-hybridized carbons (Fsp3) is 0.381. The molecule has 0 N–H and O–H groups in total. The van der Waals surface area contributed by atoms with Crippen LogP contribution in [0.4, 0.5) is 0 Å². The topological polar surface area (TPSA) is 86.0 Å². The molecule has 1 saturated heterocycles. The van der Waals surface area contributed by atoms with E-state index in [0.717, 1.165) is 28.1 Å². The molecule has 10 heteroatoms. The lowest BCUT2D eigenvalue weighted by atomic mass is 10.3. The van der Waals surface area contributed by atoms with Gasteiger partial charge in [-0.2, -0.15) is 0 Å². The average Bonchev–Trinajstić information content (AvgIpc) is 3.19. The van der Waals surface area contributed by atoms with Gasteiger partial charge in [0, 0.05) is 30.2 Å². The first-order valence-corrected chi connectivity index (χ1v) is 12.0. The summed E-state index contributed by atoms with van der Waals surface area (Å²) in [6.07, 6.45) is 0. The molecule has 2 aromatic heterocycles. The predicted molar refractivity (Wildman–Crippen MR) is 121 cm³/mol. The molecular weight excluding hydrogens is 432 g/mol. The van der Waals surface area contributed by atoms with Gasteiger partial charge in [-0.3, -0.25) is 9.36 Å². The number of hydrogen-bond acceptors (Lipinski definition) is 8. The Morgan fingerprint density at radius 2 is 1.74 bits per heavy atom. The maximum Gasteiger partial charge on any atom is 0.233 e. The van der Waals surface area contributed by atoms with Gasteiger partial charge in [0.05, 0.1) is 24.7 Å². The second-order valence-corrected chi connectivity index (χ2v) is 8.96. The second kappa shape index (κ2) is 10.3. The molecule has 1 aromatic carbocycles. The van der Waals surface area contributed by atoms with Crippen LogP contribution in [0.15, 0.2) is 46.7 Å². The van der Waals surface area contributed by atoms with E-state index in [0.29, 0.717) is 43.0 Å². The zero-order valence-corrected chi connectivity index (χ0v) is 19.2. The minimum Gasteiger partial charge on any atom is -0.378 e. The molecular formula is C21H24N6O2S2. The lowest BCUT2D eigenvalue weighted by Gasteiger charge is -2.26. The first-order chi connectivity index (χ1) is 15.1. The van der Waals surface area contributed by atoms with Crippen LogP contribution < -0.4 is 0 Å². The number of hydrogen-bond donors (Lipinski definition) is 0. The molecule has 3 aromatic rings. The number of amides is 1. The molecule has 3 heterocycles. The van der Waals surface area contributed by atoms with Crippen LogP contribution in [-0.4, -0.2) is 67.6 Å². The van der Waals surface area contributed by atoms with Gasteiger partial charge in [0.1, 0.15) is 5.82 Å². The monoisotopic (exact) mass is 456 g/mol. The summed E-state index contributed by atoms with van der Waals surface area (Å²) in [5, 5.41) is 10.2. The van der Waals surface area contributed by atoms with Crippen LogP contribution >= 0.6 is 23.5 Å². The number of carbonyl (C=O) groups is 1. The summed E-state index contributed by atoms with van der Waals surface area (Å²) in [6.45, 7) is 6.40. The Morgan fingerprint density at radius 3 is 2.45 bits per heavy atom. The first kappa shape index (κ1) is 21.8.